The lowest BCUT2D eigenvalue weighted by molar-refractivity contribution is -0.136. The van der Waals surface area contributed by atoms with Gasteiger partial charge in [-0.1, -0.05) is 58.0 Å². The van der Waals surface area contributed by atoms with E-state index in [0.717, 1.165) is 0 Å². The van der Waals surface area contributed by atoms with E-state index in [0.29, 0.717) is 10.6 Å². The molecule has 0 bridgehead atoms. The second-order valence-electron chi connectivity index (χ2n) is 4.06. The Kier molecular flexibility index (Phi) is 5.23. The summed E-state index contributed by atoms with van der Waals surface area (Å²) in [4.78, 5) is 15.0. The van der Waals surface area contributed by atoms with Crippen LogP contribution in [0.5, 0.6) is 0 Å². The number of carbonyl (C=O) groups is 1. The lowest BCUT2D eigenvalue weighted by Gasteiger charge is -2.12. The second kappa shape index (κ2) is 6.59. The van der Waals surface area contributed by atoms with Crippen molar-refractivity contribution in [2.24, 2.45) is 0 Å². The topological polar surface area (TPSA) is 50.2 Å². The number of aromatic nitrogens is 1. The van der Waals surface area contributed by atoms with Crippen molar-refractivity contribution in [2.75, 3.05) is 0 Å². The fourth-order valence-corrected chi connectivity index (χ4v) is 3.33. The number of aliphatic carboxylic acids is 1. The summed E-state index contributed by atoms with van der Waals surface area (Å²) in [6.07, 6.45) is 0.971. The molecule has 0 unspecified atom stereocenters. The highest BCUT2D eigenvalue weighted by Gasteiger charge is 2.20. The van der Waals surface area contributed by atoms with Gasteiger partial charge in [-0.2, -0.15) is 0 Å². The predicted octanol–water partition coefficient (Wildman–Crippen LogP) is 5.64. The molecule has 1 heterocycles. The van der Waals surface area contributed by atoms with Crippen LogP contribution in [0.2, 0.25) is 25.1 Å². The van der Waals surface area contributed by atoms with Crippen molar-refractivity contribution in [3.05, 3.63) is 49.0 Å². The average molecular weight is 385 g/mol. The molecule has 2 aromatic rings. The van der Waals surface area contributed by atoms with Gasteiger partial charge in [-0.3, -0.25) is 9.78 Å². The highest BCUT2D eigenvalue weighted by atomic mass is 35.5. The van der Waals surface area contributed by atoms with Crippen LogP contribution in [0.4, 0.5) is 0 Å². The van der Waals surface area contributed by atoms with Gasteiger partial charge in [-0.15, -0.1) is 0 Å². The Morgan fingerprint density at radius 3 is 2.14 bits per heavy atom. The molecule has 1 aromatic carbocycles. The van der Waals surface area contributed by atoms with Gasteiger partial charge >= 0.3 is 5.97 Å². The van der Waals surface area contributed by atoms with Gasteiger partial charge in [0.05, 0.1) is 32.2 Å². The molecule has 0 aliphatic carbocycles. The van der Waals surface area contributed by atoms with Gasteiger partial charge in [0.1, 0.15) is 0 Å². The van der Waals surface area contributed by atoms with Crippen LogP contribution in [-0.2, 0) is 11.2 Å². The fraction of sp³-hybridized carbons (Fsp3) is 0.0769. The zero-order valence-corrected chi connectivity index (χ0v) is 13.9. The van der Waals surface area contributed by atoms with Crippen molar-refractivity contribution in [1.29, 1.82) is 0 Å². The monoisotopic (exact) mass is 383 g/mol. The lowest BCUT2D eigenvalue weighted by Crippen LogP contribution is -2.03. The Morgan fingerprint density at radius 2 is 1.62 bits per heavy atom. The van der Waals surface area contributed by atoms with E-state index in [1.54, 1.807) is 0 Å². The first-order valence-corrected chi connectivity index (χ1v) is 7.39. The summed E-state index contributed by atoms with van der Waals surface area (Å²) >= 11 is 30.3. The molecule has 21 heavy (non-hydrogen) atoms. The Bertz CT molecular complexity index is 710. The molecule has 0 aliphatic heterocycles. The number of rotatable bonds is 3. The van der Waals surface area contributed by atoms with Gasteiger partial charge in [0.25, 0.3) is 0 Å². The van der Waals surface area contributed by atoms with E-state index in [-0.39, 0.29) is 37.8 Å². The molecule has 0 fully saturated rings. The van der Waals surface area contributed by atoms with Crippen molar-refractivity contribution < 1.29 is 9.90 Å². The van der Waals surface area contributed by atoms with Gasteiger partial charge in [0.15, 0.2) is 0 Å². The molecule has 3 nitrogen and oxygen atoms in total. The quantitative estimate of drug-likeness (QED) is 0.743. The average Bonchev–Trinajstić information content (AvgIpc) is 2.35. The van der Waals surface area contributed by atoms with Gasteiger partial charge in [-0.05, 0) is 12.1 Å². The van der Waals surface area contributed by atoms with E-state index in [4.69, 9.17) is 63.1 Å². The van der Waals surface area contributed by atoms with Gasteiger partial charge in [0, 0.05) is 22.3 Å². The van der Waals surface area contributed by atoms with Crippen LogP contribution in [0.3, 0.4) is 0 Å². The van der Waals surface area contributed by atoms with Crippen molar-refractivity contribution >= 4 is 64.0 Å². The molecule has 0 radical (unpaired) electrons. The van der Waals surface area contributed by atoms with Crippen LogP contribution < -0.4 is 0 Å². The number of hydrogen-bond donors (Lipinski definition) is 1. The zero-order valence-electron chi connectivity index (χ0n) is 10.1. The third kappa shape index (κ3) is 3.55. The molecule has 0 aliphatic rings. The van der Waals surface area contributed by atoms with Crippen molar-refractivity contribution in [3.8, 4) is 11.3 Å². The van der Waals surface area contributed by atoms with Crippen LogP contribution in [0.1, 0.15) is 5.56 Å². The molecular weight excluding hydrogens is 379 g/mol. The number of halogens is 5. The minimum atomic E-state index is -1.07. The summed E-state index contributed by atoms with van der Waals surface area (Å²) in [5.41, 5.74) is 0.873. The Balaban J connectivity index is 2.69. The first-order valence-electron chi connectivity index (χ1n) is 5.50. The van der Waals surface area contributed by atoms with Crippen molar-refractivity contribution in [2.45, 2.75) is 6.42 Å². The zero-order chi connectivity index (χ0) is 15.7. The minimum absolute atomic E-state index is 0.0935. The van der Waals surface area contributed by atoms with Crippen molar-refractivity contribution in [1.82, 2.24) is 4.98 Å². The van der Waals surface area contributed by atoms with Crippen LogP contribution in [0, 0.1) is 0 Å². The molecule has 1 aromatic heterocycles. The first-order chi connectivity index (χ1) is 9.81. The largest absolute Gasteiger partial charge is 0.481 e. The SMILES string of the molecule is O=C(O)Cc1c(Cl)cnc(-c2c(Cl)cc(Cl)cc2Cl)c1Cl. The maximum Gasteiger partial charge on any atom is 0.307 e. The Labute approximate surface area is 145 Å². The number of pyridine rings is 1. The number of nitrogens with zero attached hydrogens (tertiary/aromatic N) is 1. The third-order valence-corrected chi connectivity index (χ3v) is 4.19. The van der Waals surface area contributed by atoms with E-state index in [1.165, 1.54) is 18.3 Å². The van der Waals surface area contributed by atoms with Crippen LogP contribution in [0.15, 0.2) is 18.3 Å². The highest BCUT2D eigenvalue weighted by Crippen LogP contribution is 2.41. The molecule has 1 N–H and O–H groups in total. The van der Waals surface area contributed by atoms with Gasteiger partial charge in [-0.25, -0.2) is 0 Å². The predicted molar refractivity (Wildman–Crippen MR) is 86.1 cm³/mol. The minimum Gasteiger partial charge on any atom is -0.481 e. The van der Waals surface area contributed by atoms with Gasteiger partial charge in [0.2, 0.25) is 0 Å². The molecule has 0 spiro atoms. The molecule has 8 heteroatoms. The van der Waals surface area contributed by atoms with Crippen LogP contribution >= 0.6 is 58.0 Å². The molecule has 0 saturated carbocycles. The summed E-state index contributed by atoms with van der Waals surface area (Å²) in [6.45, 7) is 0. The second-order valence-corrected chi connectivity index (χ2v) is 6.10. The van der Waals surface area contributed by atoms with Crippen LogP contribution in [-0.4, -0.2) is 16.1 Å². The fourth-order valence-electron chi connectivity index (χ4n) is 1.76. The van der Waals surface area contributed by atoms with E-state index in [1.807, 2.05) is 0 Å². The summed E-state index contributed by atoms with van der Waals surface area (Å²) in [7, 11) is 0. The van der Waals surface area contributed by atoms with E-state index < -0.39 is 5.97 Å². The normalized spacial score (nSPS) is 10.7. The molecular formula is C13H6Cl5NO2. The maximum atomic E-state index is 10.9. The number of carboxylic acids is 1. The first kappa shape index (κ1) is 16.7. The summed E-state index contributed by atoms with van der Waals surface area (Å²) < 4.78 is 0. The van der Waals surface area contributed by atoms with E-state index in [2.05, 4.69) is 4.98 Å². The van der Waals surface area contributed by atoms with Crippen molar-refractivity contribution in [3.63, 3.8) is 0 Å². The number of benzene rings is 1. The third-order valence-electron chi connectivity index (χ3n) is 2.64. The molecule has 0 saturated heterocycles. The Hall–Kier alpha value is -0.710. The molecule has 2 rings (SSSR count). The molecule has 0 amide bonds. The summed E-state index contributed by atoms with van der Waals surface area (Å²) in [6, 6.07) is 2.99. The Morgan fingerprint density at radius 1 is 1.05 bits per heavy atom. The summed E-state index contributed by atoms with van der Waals surface area (Å²) in [5, 5.41) is 10.0. The smallest absolute Gasteiger partial charge is 0.307 e. The number of hydrogen-bond acceptors (Lipinski definition) is 2. The van der Waals surface area contributed by atoms with E-state index in [9.17, 15) is 4.79 Å². The van der Waals surface area contributed by atoms with Gasteiger partial charge < -0.3 is 5.11 Å². The molecule has 110 valence electrons. The standard InChI is InChI=1S/C13H6Cl5NO2/c14-5-1-7(15)11(8(16)2-5)13-12(18)6(3-10(20)21)9(17)4-19-13/h1-2,4H,3H2,(H,20,21). The van der Waals surface area contributed by atoms with E-state index >= 15 is 0 Å². The number of carboxylic acid groups (broad SMARTS) is 1. The lowest BCUT2D eigenvalue weighted by atomic mass is 10.1. The maximum absolute atomic E-state index is 10.9. The van der Waals surface area contributed by atoms with Crippen LogP contribution in [0.25, 0.3) is 11.3 Å². The molecule has 0 atom stereocenters. The summed E-state index contributed by atoms with van der Waals surface area (Å²) in [5.74, 6) is -1.07. The highest BCUT2D eigenvalue weighted by molar-refractivity contribution is 6.43.